The first-order valence-corrected chi connectivity index (χ1v) is 7.57. The second-order valence-corrected chi connectivity index (χ2v) is 5.49. The molecule has 1 atom stereocenters. The van der Waals surface area contributed by atoms with Crippen molar-refractivity contribution >= 4 is 0 Å². The molecule has 1 aromatic rings. The van der Waals surface area contributed by atoms with Gasteiger partial charge in [-0.2, -0.15) is 0 Å². The fourth-order valence-corrected chi connectivity index (χ4v) is 2.70. The van der Waals surface area contributed by atoms with Crippen molar-refractivity contribution in [2.75, 3.05) is 32.8 Å². The number of benzene rings is 1. The molecule has 1 aliphatic heterocycles. The summed E-state index contributed by atoms with van der Waals surface area (Å²) in [5.74, 6) is -0.312. The van der Waals surface area contributed by atoms with Crippen molar-refractivity contribution in [3.63, 3.8) is 0 Å². The third-order valence-electron chi connectivity index (χ3n) is 3.93. The van der Waals surface area contributed by atoms with Crippen LogP contribution in [-0.2, 0) is 4.74 Å². The van der Waals surface area contributed by atoms with Crippen LogP contribution in [0.4, 0.5) is 4.39 Å². The highest BCUT2D eigenvalue weighted by Gasteiger charge is 2.20. The van der Waals surface area contributed by atoms with Crippen molar-refractivity contribution in [2.45, 2.75) is 31.5 Å². The summed E-state index contributed by atoms with van der Waals surface area (Å²) in [4.78, 5) is 2.29. The molecule has 2 rings (SSSR count). The number of likely N-dealkylation sites (tertiary alicyclic amines) is 1. The minimum absolute atomic E-state index is 0.0695. The van der Waals surface area contributed by atoms with E-state index in [9.17, 15) is 9.50 Å². The Balaban J connectivity index is 1.69. The summed E-state index contributed by atoms with van der Waals surface area (Å²) in [5.41, 5.74) is 0.635. The second-order valence-electron chi connectivity index (χ2n) is 5.49. The third-order valence-corrected chi connectivity index (χ3v) is 3.93. The zero-order chi connectivity index (χ0) is 15.1. The molecule has 0 spiro atoms. The Hall–Kier alpha value is -1.01. The lowest BCUT2D eigenvalue weighted by atomic mass is 10.0. The molecule has 0 radical (unpaired) electrons. The van der Waals surface area contributed by atoms with Gasteiger partial charge in [-0.15, -0.1) is 0 Å². The normalized spacial score (nSPS) is 18.8. The van der Waals surface area contributed by atoms with Crippen molar-refractivity contribution in [3.8, 4) is 0 Å². The highest BCUT2D eigenvalue weighted by molar-refractivity contribution is 5.18. The van der Waals surface area contributed by atoms with E-state index in [1.54, 1.807) is 12.1 Å². The topological polar surface area (TPSA) is 52.9 Å². The average molecular weight is 297 g/mol. The molecular formula is C16H24FNO3. The fourth-order valence-electron chi connectivity index (χ4n) is 2.70. The minimum Gasteiger partial charge on any atom is -0.394 e. The monoisotopic (exact) mass is 297 g/mol. The highest BCUT2D eigenvalue weighted by Crippen LogP contribution is 2.20. The number of aliphatic hydroxyl groups is 2. The lowest BCUT2D eigenvalue weighted by Crippen LogP contribution is -2.38. The van der Waals surface area contributed by atoms with Crippen LogP contribution in [0, 0.1) is 5.82 Å². The summed E-state index contributed by atoms with van der Waals surface area (Å²) >= 11 is 0. The van der Waals surface area contributed by atoms with Gasteiger partial charge in [0, 0.05) is 19.6 Å². The average Bonchev–Trinajstić information content (AvgIpc) is 2.51. The van der Waals surface area contributed by atoms with Gasteiger partial charge in [-0.1, -0.05) is 12.1 Å². The predicted octanol–water partition coefficient (Wildman–Crippen LogP) is 1.72. The number of piperidine rings is 1. The number of halogens is 1. The van der Waals surface area contributed by atoms with Gasteiger partial charge >= 0.3 is 0 Å². The van der Waals surface area contributed by atoms with E-state index in [0.717, 1.165) is 32.5 Å². The maximum absolute atomic E-state index is 13.1. The van der Waals surface area contributed by atoms with Gasteiger partial charge in [0.15, 0.2) is 0 Å². The summed E-state index contributed by atoms with van der Waals surface area (Å²) < 4.78 is 18.6. The molecule has 0 aliphatic carbocycles. The lowest BCUT2D eigenvalue weighted by Gasteiger charge is -2.32. The van der Waals surface area contributed by atoms with E-state index < -0.39 is 6.10 Å². The molecule has 2 N–H and O–H groups in total. The zero-order valence-electron chi connectivity index (χ0n) is 12.2. The number of ether oxygens (including phenoxy) is 1. The van der Waals surface area contributed by atoms with Crippen molar-refractivity contribution < 1.29 is 19.3 Å². The largest absolute Gasteiger partial charge is 0.394 e. The Labute approximate surface area is 125 Å². The van der Waals surface area contributed by atoms with E-state index in [1.807, 2.05) is 0 Å². The first kappa shape index (κ1) is 16.4. The van der Waals surface area contributed by atoms with Crippen LogP contribution in [-0.4, -0.2) is 54.1 Å². The number of rotatable bonds is 7. The van der Waals surface area contributed by atoms with Gasteiger partial charge in [0.25, 0.3) is 0 Å². The molecule has 4 nitrogen and oxygen atoms in total. The molecule has 21 heavy (non-hydrogen) atoms. The van der Waals surface area contributed by atoms with Crippen LogP contribution in [0.5, 0.6) is 0 Å². The van der Waals surface area contributed by atoms with E-state index in [4.69, 9.17) is 9.84 Å². The highest BCUT2D eigenvalue weighted by atomic mass is 19.1. The smallest absolute Gasteiger partial charge is 0.123 e. The number of aliphatic hydroxyl groups excluding tert-OH is 2. The summed E-state index contributed by atoms with van der Waals surface area (Å²) in [6.45, 7) is 3.14. The quantitative estimate of drug-likeness (QED) is 0.805. The third kappa shape index (κ3) is 5.36. The van der Waals surface area contributed by atoms with Gasteiger partial charge < -0.3 is 19.8 Å². The van der Waals surface area contributed by atoms with E-state index >= 15 is 0 Å². The number of nitrogens with zero attached hydrogens (tertiary/aromatic N) is 1. The second kappa shape index (κ2) is 8.44. The molecule has 1 heterocycles. The number of hydrogen-bond donors (Lipinski definition) is 2. The van der Waals surface area contributed by atoms with Crippen LogP contribution >= 0.6 is 0 Å². The Bertz CT molecular complexity index is 422. The Morgan fingerprint density at radius 1 is 1.33 bits per heavy atom. The molecule has 0 aromatic heterocycles. The molecule has 1 unspecified atom stereocenters. The molecule has 5 heteroatoms. The summed E-state index contributed by atoms with van der Waals surface area (Å²) in [5, 5.41) is 18.8. The Morgan fingerprint density at radius 3 is 2.76 bits per heavy atom. The zero-order valence-corrected chi connectivity index (χ0v) is 12.2. The van der Waals surface area contributed by atoms with Gasteiger partial charge in [0.2, 0.25) is 0 Å². The molecule has 1 fully saturated rings. The predicted molar refractivity (Wildman–Crippen MR) is 78.5 cm³/mol. The first-order valence-electron chi connectivity index (χ1n) is 7.57. The van der Waals surface area contributed by atoms with Crippen molar-refractivity contribution in [1.82, 2.24) is 4.90 Å². The standard InChI is InChI=1S/C16H24FNO3/c17-14-3-1-2-13(12-14)16(20)6-9-18-7-4-15(5-8-18)21-11-10-19/h1-3,12,15-16,19-20H,4-11H2. The van der Waals surface area contributed by atoms with E-state index in [0.29, 0.717) is 18.6 Å². The van der Waals surface area contributed by atoms with Crippen LogP contribution in [0.2, 0.25) is 0 Å². The summed E-state index contributed by atoms with van der Waals surface area (Å²) in [6.07, 6.45) is 2.13. The molecular weight excluding hydrogens is 273 g/mol. The summed E-state index contributed by atoms with van der Waals surface area (Å²) in [7, 11) is 0. The van der Waals surface area contributed by atoms with E-state index in [2.05, 4.69) is 4.90 Å². The van der Waals surface area contributed by atoms with Crippen molar-refractivity contribution in [3.05, 3.63) is 35.6 Å². The van der Waals surface area contributed by atoms with E-state index in [1.165, 1.54) is 12.1 Å². The fraction of sp³-hybridized carbons (Fsp3) is 0.625. The Kier molecular flexibility index (Phi) is 6.57. The van der Waals surface area contributed by atoms with Crippen LogP contribution in [0.15, 0.2) is 24.3 Å². The van der Waals surface area contributed by atoms with Crippen molar-refractivity contribution in [2.24, 2.45) is 0 Å². The van der Waals surface area contributed by atoms with Crippen molar-refractivity contribution in [1.29, 1.82) is 0 Å². The lowest BCUT2D eigenvalue weighted by molar-refractivity contribution is -0.00959. The SMILES string of the molecule is OCCOC1CCN(CCC(O)c2cccc(F)c2)CC1. The number of hydrogen-bond acceptors (Lipinski definition) is 4. The van der Waals surface area contributed by atoms with Gasteiger partial charge in [-0.3, -0.25) is 0 Å². The van der Waals surface area contributed by atoms with Gasteiger partial charge in [-0.25, -0.2) is 4.39 Å². The van der Waals surface area contributed by atoms with Crippen LogP contribution in [0.25, 0.3) is 0 Å². The molecule has 0 saturated carbocycles. The first-order chi connectivity index (χ1) is 10.2. The molecule has 1 saturated heterocycles. The molecule has 0 bridgehead atoms. The van der Waals surface area contributed by atoms with E-state index in [-0.39, 0.29) is 18.5 Å². The molecule has 1 aromatic carbocycles. The maximum atomic E-state index is 13.1. The van der Waals surface area contributed by atoms with Crippen LogP contribution < -0.4 is 0 Å². The summed E-state index contributed by atoms with van der Waals surface area (Å²) in [6, 6.07) is 6.15. The minimum atomic E-state index is -0.621. The maximum Gasteiger partial charge on any atom is 0.123 e. The van der Waals surface area contributed by atoms with Crippen LogP contribution in [0.3, 0.4) is 0 Å². The Morgan fingerprint density at radius 2 is 2.10 bits per heavy atom. The molecule has 1 aliphatic rings. The molecule has 0 amide bonds. The van der Waals surface area contributed by atoms with Gasteiger partial charge in [-0.05, 0) is 37.0 Å². The van der Waals surface area contributed by atoms with Gasteiger partial charge in [0.05, 0.1) is 25.4 Å². The van der Waals surface area contributed by atoms with Gasteiger partial charge in [0.1, 0.15) is 5.82 Å². The van der Waals surface area contributed by atoms with Crippen LogP contribution in [0.1, 0.15) is 30.9 Å². The molecule has 118 valence electrons.